The van der Waals surface area contributed by atoms with Gasteiger partial charge in [-0.1, -0.05) is 12.2 Å². The first-order valence-corrected chi connectivity index (χ1v) is 11.9. The minimum absolute atomic E-state index is 0.0456. The molecule has 0 N–H and O–H groups in total. The molecule has 174 valence electrons. The first-order valence-electron chi connectivity index (χ1n) is 11.9. The van der Waals surface area contributed by atoms with E-state index in [9.17, 15) is 9.59 Å². The predicted octanol–water partition coefficient (Wildman–Crippen LogP) is 4.00. The minimum atomic E-state index is 0.0456. The van der Waals surface area contributed by atoms with Crippen LogP contribution in [-0.4, -0.2) is 62.3 Å². The summed E-state index contributed by atoms with van der Waals surface area (Å²) < 4.78 is 1.91. The number of hydrogen-bond donors (Lipinski definition) is 0. The van der Waals surface area contributed by atoms with Crippen molar-refractivity contribution in [1.29, 1.82) is 0 Å². The Morgan fingerprint density at radius 2 is 1.71 bits per heavy atom. The quantitative estimate of drug-likeness (QED) is 0.558. The first-order chi connectivity index (χ1) is 16.6. The zero-order chi connectivity index (χ0) is 23.5. The lowest BCUT2D eigenvalue weighted by molar-refractivity contribution is 0.0705. The van der Waals surface area contributed by atoms with Gasteiger partial charge < -0.3 is 14.4 Å². The number of rotatable bonds is 4. The summed E-state index contributed by atoms with van der Waals surface area (Å²) in [6.07, 6.45) is 12.0. The lowest BCUT2D eigenvalue weighted by atomic mass is 9.89. The van der Waals surface area contributed by atoms with Crippen molar-refractivity contribution in [3.63, 3.8) is 0 Å². The number of aromatic nitrogens is 3. The Balaban J connectivity index is 1.27. The van der Waals surface area contributed by atoms with Gasteiger partial charge in [-0.3, -0.25) is 14.6 Å². The number of carbonyl (C=O) groups excluding carboxylic acids is 2. The fourth-order valence-electron chi connectivity index (χ4n) is 4.79. The Morgan fingerprint density at radius 3 is 2.38 bits per heavy atom. The van der Waals surface area contributed by atoms with E-state index in [1.807, 2.05) is 63.9 Å². The van der Waals surface area contributed by atoms with Crippen molar-refractivity contribution in [2.24, 2.45) is 0 Å². The first kappa shape index (κ1) is 22.1. The molecule has 2 aromatic heterocycles. The smallest absolute Gasteiger partial charge is 0.256 e. The van der Waals surface area contributed by atoms with Crippen LogP contribution >= 0.6 is 0 Å². The highest BCUT2D eigenvalue weighted by Crippen LogP contribution is 2.31. The number of hydrogen-bond acceptors (Lipinski definition) is 4. The molecule has 3 aromatic rings. The molecular formula is C27H29N5O2. The molecule has 1 fully saturated rings. The SMILES string of the molecule is Cc1ccc(C(=O)N2CC=CCC2)c(C2CCN(C(=O)c3ccc(-n4ccnc4)cc3)CC2)n1. The monoisotopic (exact) mass is 455 g/mol. The van der Waals surface area contributed by atoms with Crippen LogP contribution in [0, 0.1) is 6.92 Å². The van der Waals surface area contributed by atoms with Crippen molar-refractivity contribution in [1.82, 2.24) is 24.3 Å². The normalized spacial score (nSPS) is 16.6. The molecule has 1 saturated heterocycles. The van der Waals surface area contributed by atoms with Crippen LogP contribution in [0.2, 0.25) is 0 Å². The van der Waals surface area contributed by atoms with Crippen LogP contribution in [0.15, 0.2) is 67.3 Å². The molecule has 0 unspecified atom stereocenters. The van der Waals surface area contributed by atoms with Crippen molar-refractivity contribution >= 4 is 11.8 Å². The van der Waals surface area contributed by atoms with Crippen LogP contribution in [-0.2, 0) is 0 Å². The Kier molecular flexibility index (Phi) is 6.25. The second-order valence-corrected chi connectivity index (χ2v) is 8.98. The maximum Gasteiger partial charge on any atom is 0.256 e. The standard InChI is InChI=1S/C27H29N5O2/c1-20-5-10-24(27(34)30-14-3-2-4-15-30)25(29-20)21-11-16-31(17-12-21)26(33)22-6-8-23(9-7-22)32-18-13-28-19-32/h2-3,5-10,13,18-19,21H,4,11-12,14-17H2,1H3. The van der Waals surface area contributed by atoms with E-state index in [-0.39, 0.29) is 17.7 Å². The highest BCUT2D eigenvalue weighted by molar-refractivity contribution is 5.96. The second-order valence-electron chi connectivity index (χ2n) is 8.98. The van der Waals surface area contributed by atoms with Gasteiger partial charge in [0.05, 0.1) is 17.6 Å². The number of benzene rings is 1. The van der Waals surface area contributed by atoms with Crippen LogP contribution in [0.4, 0.5) is 0 Å². The molecule has 0 saturated carbocycles. The van der Waals surface area contributed by atoms with E-state index < -0.39 is 0 Å². The lowest BCUT2D eigenvalue weighted by Gasteiger charge is -2.33. The minimum Gasteiger partial charge on any atom is -0.339 e. The van der Waals surface area contributed by atoms with Crippen molar-refractivity contribution in [3.05, 3.63) is 89.8 Å². The molecule has 34 heavy (non-hydrogen) atoms. The lowest BCUT2D eigenvalue weighted by Crippen LogP contribution is -2.39. The zero-order valence-electron chi connectivity index (χ0n) is 19.4. The molecule has 7 nitrogen and oxygen atoms in total. The predicted molar refractivity (Wildman–Crippen MR) is 130 cm³/mol. The van der Waals surface area contributed by atoms with Gasteiger partial charge in [-0.25, -0.2) is 4.98 Å². The zero-order valence-corrected chi connectivity index (χ0v) is 19.4. The van der Waals surface area contributed by atoms with Gasteiger partial charge in [-0.15, -0.1) is 0 Å². The number of nitrogens with zero attached hydrogens (tertiary/aromatic N) is 5. The number of likely N-dealkylation sites (tertiary alicyclic amines) is 1. The molecule has 7 heteroatoms. The Bertz CT molecular complexity index is 1190. The van der Waals surface area contributed by atoms with E-state index in [0.717, 1.165) is 42.9 Å². The topological polar surface area (TPSA) is 71.3 Å². The van der Waals surface area contributed by atoms with Crippen LogP contribution < -0.4 is 0 Å². The fraction of sp³-hybridized carbons (Fsp3) is 0.333. The summed E-state index contributed by atoms with van der Waals surface area (Å²) in [5.74, 6) is 0.277. The van der Waals surface area contributed by atoms with Gasteiger partial charge in [0.15, 0.2) is 0 Å². The number of aryl methyl sites for hydroxylation is 1. The average Bonchev–Trinajstić information content (AvgIpc) is 3.44. The van der Waals surface area contributed by atoms with Crippen LogP contribution in [0.5, 0.6) is 0 Å². The third kappa shape index (κ3) is 4.51. The Morgan fingerprint density at radius 1 is 0.912 bits per heavy atom. The number of amides is 2. The number of pyridine rings is 1. The number of imidazole rings is 1. The Labute approximate surface area is 199 Å². The molecular weight excluding hydrogens is 426 g/mol. The maximum absolute atomic E-state index is 13.2. The van der Waals surface area contributed by atoms with E-state index in [0.29, 0.717) is 30.8 Å². The molecule has 0 spiro atoms. The van der Waals surface area contributed by atoms with Crippen molar-refractivity contribution in [2.45, 2.75) is 32.1 Å². The molecule has 5 rings (SSSR count). The molecule has 1 aromatic carbocycles. The highest BCUT2D eigenvalue weighted by Gasteiger charge is 2.29. The van der Waals surface area contributed by atoms with Crippen molar-refractivity contribution in [3.8, 4) is 5.69 Å². The molecule has 2 amide bonds. The molecule has 0 aliphatic carbocycles. The number of carbonyl (C=O) groups is 2. The van der Waals surface area contributed by atoms with Gasteiger partial charge in [-0.05, 0) is 62.6 Å². The number of piperidine rings is 1. The molecule has 0 bridgehead atoms. The van der Waals surface area contributed by atoms with Crippen LogP contribution in [0.3, 0.4) is 0 Å². The van der Waals surface area contributed by atoms with Gasteiger partial charge in [-0.2, -0.15) is 0 Å². The van der Waals surface area contributed by atoms with E-state index in [1.54, 1.807) is 12.5 Å². The van der Waals surface area contributed by atoms with Gasteiger partial charge in [0, 0.05) is 61.4 Å². The average molecular weight is 456 g/mol. The fourth-order valence-corrected chi connectivity index (χ4v) is 4.79. The van der Waals surface area contributed by atoms with Crippen molar-refractivity contribution in [2.75, 3.05) is 26.2 Å². The largest absolute Gasteiger partial charge is 0.339 e. The third-order valence-corrected chi connectivity index (χ3v) is 6.73. The summed E-state index contributed by atoms with van der Waals surface area (Å²) in [5, 5.41) is 0. The van der Waals surface area contributed by atoms with E-state index >= 15 is 0 Å². The summed E-state index contributed by atoms with van der Waals surface area (Å²) in [6.45, 7) is 4.67. The summed E-state index contributed by atoms with van der Waals surface area (Å²) in [5.41, 5.74) is 4.17. The van der Waals surface area contributed by atoms with Gasteiger partial charge in [0.1, 0.15) is 0 Å². The van der Waals surface area contributed by atoms with Crippen LogP contribution in [0.25, 0.3) is 5.69 Å². The highest BCUT2D eigenvalue weighted by atomic mass is 16.2. The maximum atomic E-state index is 13.2. The molecule has 2 aliphatic heterocycles. The summed E-state index contributed by atoms with van der Waals surface area (Å²) in [7, 11) is 0. The second kappa shape index (κ2) is 9.63. The van der Waals surface area contributed by atoms with E-state index in [2.05, 4.69) is 17.1 Å². The van der Waals surface area contributed by atoms with Crippen LogP contribution in [0.1, 0.15) is 57.3 Å². The van der Waals surface area contributed by atoms with E-state index in [4.69, 9.17) is 4.98 Å². The van der Waals surface area contributed by atoms with Crippen molar-refractivity contribution < 1.29 is 9.59 Å². The third-order valence-electron chi connectivity index (χ3n) is 6.73. The molecule has 4 heterocycles. The summed E-state index contributed by atoms with van der Waals surface area (Å²) >= 11 is 0. The Hall–Kier alpha value is -3.74. The van der Waals surface area contributed by atoms with E-state index in [1.165, 1.54) is 0 Å². The molecule has 2 aliphatic rings. The van der Waals surface area contributed by atoms with Gasteiger partial charge in [0.25, 0.3) is 11.8 Å². The van der Waals surface area contributed by atoms with Gasteiger partial charge in [0.2, 0.25) is 0 Å². The summed E-state index contributed by atoms with van der Waals surface area (Å²) in [6, 6.07) is 11.5. The van der Waals surface area contributed by atoms with Gasteiger partial charge >= 0.3 is 0 Å². The molecule has 0 atom stereocenters. The summed E-state index contributed by atoms with van der Waals surface area (Å²) in [4.78, 5) is 39.0. The molecule has 0 radical (unpaired) electrons.